The molecule has 0 spiro atoms. The first-order chi connectivity index (χ1) is 18.8. The highest BCUT2D eigenvalue weighted by Crippen LogP contribution is 2.48. The van der Waals surface area contributed by atoms with Crippen LogP contribution >= 0.6 is 11.3 Å². The van der Waals surface area contributed by atoms with Crippen molar-refractivity contribution in [2.24, 2.45) is 0 Å². The van der Waals surface area contributed by atoms with Gasteiger partial charge in [-0.05, 0) is 72.8 Å². The van der Waals surface area contributed by atoms with Crippen LogP contribution in [0.3, 0.4) is 0 Å². The van der Waals surface area contributed by atoms with Crippen molar-refractivity contribution < 1.29 is 13.3 Å². The lowest BCUT2D eigenvalue weighted by molar-refractivity contribution is 0.625. The number of rotatable bonds is 1. The van der Waals surface area contributed by atoms with Gasteiger partial charge in [0.1, 0.15) is 30.5 Å². The lowest BCUT2D eigenvalue weighted by Crippen LogP contribution is -2.49. The lowest BCUT2D eigenvalue weighted by atomic mass is 10.2. The van der Waals surface area contributed by atoms with Gasteiger partial charge in [0.2, 0.25) is 0 Å². The van der Waals surface area contributed by atoms with Gasteiger partial charge < -0.3 is 13.3 Å². The summed E-state index contributed by atoms with van der Waals surface area (Å²) in [7, 11) is -2.09. The van der Waals surface area contributed by atoms with Crippen molar-refractivity contribution in [1.29, 1.82) is 0 Å². The molecule has 190 valence electrons. The van der Waals surface area contributed by atoms with Crippen LogP contribution in [-0.2, 0) is 0 Å². The predicted molar refractivity (Wildman–Crippen MR) is 164 cm³/mol. The van der Waals surface area contributed by atoms with Gasteiger partial charge >= 0.3 is 0 Å². The van der Waals surface area contributed by atoms with E-state index in [4.69, 9.17) is 13.3 Å². The maximum atomic E-state index is 6.89. The number of hydrogen-bond donors (Lipinski definition) is 0. The number of furan rings is 3. The summed E-state index contributed by atoms with van der Waals surface area (Å²) < 4.78 is 23.9. The van der Waals surface area contributed by atoms with Gasteiger partial charge in [0, 0.05) is 21.0 Å². The summed E-state index contributed by atoms with van der Waals surface area (Å²) in [6.07, 6.45) is 0. The number of nitrogens with zero attached hydrogens (tertiary/aromatic N) is 1. The Hall–Kier alpha value is -4.00. The molecule has 1 aliphatic heterocycles. The molecule has 6 heterocycles. The zero-order chi connectivity index (χ0) is 26.4. The number of fused-ring (bicyclic) bond motifs is 13. The van der Waals surface area contributed by atoms with Crippen LogP contribution in [0.2, 0.25) is 13.1 Å². The third-order valence-corrected chi connectivity index (χ3v) is 13.4. The molecule has 0 radical (unpaired) electrons. The van der Waals surface area contributed by atoms with E-state index in [1.54, 1.807) is 0 Å². The van der Waals surface area contributed by atoms with Gasteiger partial charge in [0.25, 0.3) is 0 Å². The molecule has 1 aliphatic rings. The van der Waals surface area contributed by atoms with Crippen molar-refractivity contribution in [3.05, 3.63) is 77.4 Å². The summed E-state index contributed by atoms with van der Waals surface area (Å²) in [5.74, 6) is 1.00. The van der Waals surface area contributed by atoms with Gasteiger partial charge in [-0.2, -0.15) is 0 Å². The van der Waals surface area contributed by atoms with E-state index in [1.165, 1.54) is 42.0 Å². The zero-order valence-electron chi connectivity index (χ0n) is 22.4. The van der Waals surface area contributed by atoms with Crippen molar-refractivity contribution in [1.82, 2.24) is 4.57 Å². The van der Waals surface area contributed by atoms with Gasteiger partial charge in [-0.1, -0.05) is 49.0 Å². The fraction of sp³-hybridized carbons (Fsp3) is 0.152. The standard InChI is InChI=1S/C33H25NO3SSi/c1-16-6-10-19(11-7-16)34-24-20-12-8-17(2)14-22(20)35-26(24)27-25(34)28-29(36-27)33-30(37-28)31-32(39(33,4)5)21-13-9-18(3)15-23(21)38-31/h6-15H,1-5H3. The monoisotopic (exact) mass is 543 g/mol. The van der Waals surface area contributed by atoms with Gasteiger partial charge in [-0.3, -0.25) is 4.57 Å². The minimum Gasteiger partial charge on any atom is -0.450 e. The SMILES string of the molecule is Cc1ccc(-n2c3c4ccc(C)cc4oc3c3oc4c5c(oc4c32)-c2sc3cc(C)ccc3c2[Si]5(C)C)cc1. The van der Waals surface area contributed by atoms with Crippen molar-refractivity contribution in [3.8, 4) is 16.3 Å². The van der Waals surface area contributed by atoms with Crippen LogP contribution in [0.25, 0.3) is 70.7 Å². The smallest absolute Gasteiger partial charge is 0.200 e. The molecule has 6 heteroatoms. The van der Waals surface area contributed by atoms with Crippen LogP contribution < -0.4 is 10.4 Å². The number of aryl methyl sites for hydroxylation is 3. The maximum Gasteiger partial charge on any atom is 0.200 e. The Morgan fingerprint density at radius 1 is 0.641 bits per heavy atom. The molecule has 0 fully saturated rings. The van der Waals surface area contributed by atoms with E-state index in [9.17, 15) is 0 Å². The second-order valence-corrected chi connectivity index (χ2v) is 16.9. The predicted octanol–water partition coefficient (Wildman–Crippen LogP) is 8.81. The second-order valence-electron chi connectivity index (χ2n) is 11.6. The van der Waals surface area contributed by atoms with Gasteiger partial charge in [0.05, 0.1) is 4.88 Å². The van der Waals surface area contributed by atoms with Gasteiger partial charge in [-0.15, -0.1) is 11.3 Å². The minimum atomic E-state index is -2.09. The number of thiophene rings is 1. The molecule has 0 aliphatic carbocycles. The Morgan fingerprint density at radius 3 is 2.10 bits per heavy atom. The highest BCUT2D eigenvalue weighted by molar-refractivity contribution is 7.27. The van der Waals surface area contributed by atoms with Crippen LogP contribution in [0.4, 0.5) is 0 Å². The summed E-state index contributed by atoms with van der Waals surface area (Å²) in [6.45, 7) is 11.2. The van der Waals surface area contributed by atoms with E-state index in [1.807, 2.05) is 11.3 Å². The van der Waals surface area contributed by atoms with Gasteiger partial charge in [0.15, 0.2) is 22.3 Å². The summed E-state index contributed by atoms with van der Waals surface area (Å²) in [5.41, 5.74) is 10.8. The second kappa shape index (κ2) is 6.95. The fourth-order valence-corrected chi connectivity index (χ4v) is 12.3. The average molecular weight is 544 g/mol. The first-order valence-electron chi connectivity index (χ1n) is 13.4. The van der Waals surface area contributed by atoms with E-state index in [0.717, 1.165) is 55.8 Å². The van der Waals surface area contributed by atoms with Crippen LogP contribution in [0.5, 0.6) is 0 Å². The van der Waals surface area contributed by atoms with E-state index in [2.05, 4.69) is 99.1 Å². The van der Waals surface area contributed by atoms with Crippen LogP contribution in [-0.4, -0.2) is 12.6 Å². The fourth-order valence-electron chi connectivity index (χ4n) is 6.75. The molecule has 0 N–H and O–H groups in total. The summed E-state index contributed by atoms with van der Waals surface area (Å²) in [4.78, 5) is 1.28. The van der Waals surface area contributed by atoms with Crippen molar-refractivity contribution in [2.75, 3.05) is 0 Å². The molecule has 0 unspecified atom stereocenters. The molecule has 0 atom stereocenters. The Kier molecular flexibility index (Phi) is 3.90. The normalized spacial score (nSPS) is 14.5. The third-order valence-electron chi connectivity index (χ3n) is 8.57. The number of hydrogen-bond acceptors (Lipinski definition) is 4. The Labute approximate surface area is 229 Å². The molecule has 0 bridgehead atoms. The first kappa shape index (κ1) is 21.9. The molecule has 0 saturated heterocycles. The van der Waals surface area contributed by atoms with E-state index in [-0.39, 0.29) is 0 Å². The number of benzene rings is 3. The Bertz CT molecular complexity index is 2340. The van der Waals surface area contributed by atoms with Crippen LogP contribution in [0, 0.1) is 20.8 Å². The molecular formula is C33H25NO3SSi. The van der Waals surface area contributed by atoms with E-state index in [0.29, 0.717) is 0 Å². The Morgan fingerprint density at radius 2 is 1.31 bits per heavy atom. The average Bonchev–Trinajstić information content (AvgIpc) is 3.68. The highest BCUT2D eigenvalue weighted by Gasteiger charge is 2.47. The van der Waals surface area contributed by atoms with Crippen LogP contribution in [0.15, 0.2) is 73.9 Å². The molecule has 39 heavy (non-hydrogen) atoms. The van der Waals surface area contributed by atoms with Crippen molar-refractivity contribution >= 4 is 84.2 Å². The molecule has 4 nitrogen and oxygen atoms in total. The van der Waals surface area contributed by atoms with Crippen LogP contribution in [0.1, 0.15) is 16.7 Å². The van der Waals surface area contributed by atoms with Crippen molar-refractivity contribution in [3.63, 3.8) is 0 Å². The third kappa shape index (κ3) is 2.59. The zero-order valence-corrected chi connectivity index (χ0v) is 24.2. The molecule has 9 rings (SSSR count). The summed E-state index contributed by atoms with van der Waals surface area (Å²) >= 11 is 1.86. The molecule has 0 amide bonds. The molecule has 5 aromatic heterocycles. The maximum absolute atomic E-state index is 6.89. The van der Waals surface area contributed by atoms with E-state index >= 15 is 0 Å². The summed E-state index contributed by atoms with van der Waals surface area (Å²) in [5, 5.41) is 5.19. The highest BCUT2D eigenvalue weighted by atomic mass is 32.1. The molecular weight excluding hydrogens is 519 g/mol. The molecule has 8 aromatic rings. The lowest BCUT2D eigenvalue weighted by Gasteiger charge is -2.16. The first-order valence-corrected chi connectivity index (χ1v) is 17.2. The summed E-state index contributed by atoms with van der Waals surface area (Å²) in [6, 6.07) is 21.9. The molecule has 3 aromatic carbocycles. The number of aromatic nitrogens is 1. The largest absolute Gasteiger partial charge is 0.450 e. The van der Waals surface area contributed by atoms with Crippen molar-refractivity contribution in [2.45, 2.75) is 33.9 Å². The topological polar surface area (TPSA) is 44.4 Å². The minimum absolute atomic E-state index is 0.761. The van der Waals surface area contributed by atoms with E-state index < -0.39 is 8.07 Å². The quantitative estimate of drug-likeness (QED) is 0.194. The Balaban J connectivity index is 1.44. The van der Waals surface area contributed by atoms with Gasteiger partial charge in [-0.25, -0.2) is 0 Å². The molecule has 0 saturated carbocycles.